The highest BCUT2D eigenvalue weighted by Gasteiger charge is 2.22. The molecule has 0 aliphatic heterocycles. The zero-order valence-corrected chi connectivity index (χ0v) is 14.1. The average molecular weight is 350 g/mol. The first kappa shape index (κ1) is 16.3. The normalized spacial score (nSPS) is 13.8. The van der Waals surface area contributed by atoms with Crippen molar-refractivity contribution in [2.24, 2.45) is 0 Å². The summed E-state index contributed by atoms with van der Waals surface area (Å²) in [7, 11) is 0. The van der Waals surface area contributed by atoms with E-state index in [4.69, 9.17) is 11.6 Å². The number of hydrogen-bond acceptors (Lipinski definition) is 2. The monoisotopic (exact) mass is 349 g/mol. The minimum atomic E-state index is -0.323. The van der Waals surface area contributed by atoms with Crippen LogP contribution in [0.15, 0.2) is 42.5 Å². The van der Waals surface area contributed by atoms with Crippen LogP contribution in [-0.2, 0) is 23.4 Å². The molecule has 0 unspecified atom stereocenters. The summed E-state index contributed by atoms with van der Waals surface area (Å²) >= 11 is 7.35. The van der Waals surface area contributed by atoms with Crippen LogP contribution >= 0.6 is 23.4 Å². The van der Waals surface area contributed by atoms with Crippen molar-refractivity contribution >= 4 is 29.3 Å². The van der Waals surface area contributed by atoms with Crippen molar-refractivity contribution in [2.75, 3.05) is 5.75 Å². The number of thioether (sulfide) groups is 1. The van der Waals surface area contributed by atoms with Gasteiger partial charge in [0.1, 0.15) is 5.82 Å². The molecular formula is C18H17ClFNOS. The summed E-state index contributed by atoms with van der Waals surface area (Å²) < 4.78 is 13.7. The van der Waals surface area contributed by atoms with Gasteiger partial charge in [-0.1, -0.05) is 41.9 Å². The molecule has 0 radical (unpaired) electrons. The Morgan fingerprint density at radius 3 is 2.52 bits per heavy atom. The van der Waals surface area contributed by atoms with E-state index < -0.39 is 0 Å². The Balaban J connectivity index is 1.46. The molecule has 1 N–H and O–H groups in total. The minimum absolute atomic E-state index is 0.0136. The molecule has 0 saturated heterocycles. The zero-order chi connectivity index (χ0) is 16.2. The van der Waals surface area contributed by atoms with E-state index in [1.54, 1.807) is 12.1 Å². The first-order chi connectivity index (χ1) is 11.1. The van der Waals surface area contributed by atoms with Gasteiger partial charge in [-0.15, -0.1) is 11.8 Å². The molecule has 0 heterocycles. The van der Waals surface area contributed by atoms with Crippen LogP contribution in [0.4, 0.5) is 4.39 Å². The Kier molecular flexibility index (Phi) is 5.23. The summed E-state index contributed by atoms with van der Waals surface area (Å²) in [5, 5.41) is 3.46. The third-order valence-electron chi connectivity index (χ3n) is 3.96. The number of carbonyl (C=O) groups excluding carboxylic acids is 1. The van der Waals surface area contributed by atoms with Gasteiger partial charge < -0.3 is 5.32 Å². The molecular weight excluding hydrogens is 333 g/mol. The first-order valence-corrected chi connectivity index (χ1v) is 9.03. The second-order valence-electron chi connectivity index (χ2n) is 5.63. The lowest BCUT2D eigenvalue weighted by atomic mass is 10.1. The standard InChI is InChI=1S/C18H17ClFNOS/c19-16-6-3-7-17(20)15(16)10-23-11-18(22)21-14-8-12-4-1-2-5-13(12)9-14/h1-7,14H,8-11H2,(H,21,22). The van der Waals surface area contributed by atoms with Gasteiger partial charge in [0.05, 0.1) is 5.75 Å². The fourth-order valence-corrected chi connectivity index (χ4v) is 4.02. The van der Waals surface area contributed by atoms with Crippen LogP contribution in [0.25, 0.3) is 0 Å². The number of hydrogen-bond donors (Lipinski definition) is 1. The van der Waals surface area contributed by atoms with E-state index >= 15 is 0 Å². The fraction of sp³-hybridized carbons (Fsp3) is 0.278. The number of halogens is 2. The maximum Gasteiger partial charge on any atom is 0.230 e. The minimum Gasteiger partial charge on any atom is -0.352 e. The van der Waals surface area contributed by atoms with E-state index in [2.05, 4.69) is 17.4 Å². The summed E-state index contributed by atoms with van der Waals surface area (Å²) in [4.78, 5) is 12.1. The highest BCUT2D eigenvalue weighted by molar-refractivity contribution is 7.99. The maximum absolute atomic E-state index is 13.7. The molecule has 0 atom stereocenters. The molecule has 0 bridgehead atoms. The number of benzene rings is 2. The smallest absolute Gasteiger partial charge is 0.230 e. The molecule has 3 rings (SSSR count). The van der Waals surface area contributed by atoms with Crippen molar-refractivity contribution in [3.05, 3.63) is 70.0 Å². The third kappa shape index (κ3) is 4.06. The molecule has 2 aromatic carbocycles. The van der Waals surface area contributed by atoms with Gasteiger partial charge in [0.25, 0.3) is 0 Å². The summed E-state index contributed by atoms with van der Waals surface area (Å²) in [6, 6.07) is 13.1. The lowest BCUT2D eigenvalue weighted by molar-refractivity contribution is -0.119. The Bertz CT molecular complexity index is 677. The van der Waals surface area contributed by atoms with Crippen molar-refractivity contribution in [1.29, 1.82) is 0 Å². The number of rotatable bonds is 5. The van der Waals surface area contributed by atoms with E-state index in [9.17, 15) is 9.18 Å². The molecule has 0 spiro atoms. The zero-order valence-electron chi connectivity index (χ0n) is 12.5. The number of nitrogens with one attached hydrogen (secondary N) is 1. The van der Waals surface area contributed by atoms with Gasteiger partial charge >= 0.3 is 0 Å². The van der Waals surface area contributed by atoms with E-state index in [1.807, 2.05) is 12.1 Å². The lowest BCUT2D eigenvalue weighted by Crippen LogP contribution is -2.36. The van der Waals surface area contributed by atoms with E-state index in [0.717, 1.165) is 12.8 Å². The molecule has 0 aromatic heterocycles. The Hall–Kier alpha value is -1.52. The topological polar surface area (TPSA) is 29.1 Å². The van der Waals surface area contributed by atoms with Gasteiger partial charge in [-0.2, -0.15) is 0 Å². The molecule has 2 aromatic rings. The molecule has 5 heteroatoms. The molecule has 1 aliphatic carbocycles. The largest absolute Gasteiger partial charge is 0.352 e. The van der Waals surface area contributed by atoms with E-state index in [-0.39, 0.29) is 17.8 Å². The molecule has 23 heavy (non-hydrogen) atoms. The second kappa shape index (κ2) is 7.37. The molecule has 120 valence electrons. The van der Waals surface area contributed by atoms with Crippen LogP contribution in [0.2, 0.25) is 5.02 Å². The first-order valence-electron chi connectivity index (χ1n) is 7.50. The van der Waals surface area contributed by atoms with E-state index in [1.165, 1.54) is 29.0 Å². The predicted octanol–water partition coefficient (Wildman–Crippen LogP) is 4.00. The molecule has 0 fully saturated rings. The van der Waals surface area contributed by atoms with Crippen molar-refractivity contribution in [1.82, 2.24) is 5.32 Å². The quantitative estimate of drug-likeness (QED) is 0.884. The molecule has 2 nitrogen and oxygen atoms in total. The van der Waals surface area contributed by atoms with Crippen LogP contribution in [0.5, 0.6) is 0 Å². The van der Waals surface area contributed by atoms with Gasteiger partial charge in [-0.05, 0) is 36.1 Å². The fourth-order valence-electron chi connectivity index (χ4n) is 2.85. The summed E-state index contributed by atoms with van der Waals surface area (Å²) in [5.41, 5.74) is 3.08. The van der Waals surface area contributed by atoms with Crippen molar-refractivity contribution < 1.29 is 9.18 Å². The summed E-state index contributed by atoms with van der Waals surface area (Å²) in [5.74, 6) is 0.360. The van der Waals surface area contributed by atoms with Gasteiger partial charge in [-0.25, -0.2) is 4.39 Å². The molecule has 1 aliphatic rings. The van der Waals surface area contributed by atoms with Gasteiger partial charge in [-0.3, -0.25) is 4.79 Å². The number of amides is 1. The number of carbonyl (C=O) groups is 1. The van der Waals surface area contributed by atoms with Crippen LogP contribution < -0.4 is 5.32 Å². The average Bonchev–Trinajstić information content (AvgIpc) is 2.92. The van der Waals surface area contributed by atoms with Crippen LogP contribution in [0.1, 0.15) is 16.7 Å². The Labute approximate surface area is 144 Å². The molecule has 0 saturated carbocycles. The van der Waals surface area contributed by atoms with Crippen molar-refractivity contribution in [3.8, 4) is 0 Å². The van der Waals surface area contributed by atoms with Crippen molar-refractivity contribution in [2.45, 2.75) is 24.6 Å². The third-order valence-corrected chi connectivity index (χ3v) is 5.27. The second-order valence-corrected chi connectivity index (χ2v) is 7.03. The maximum atomic E-state index is 13.7. The van der Waals surface area contributed by atoms with Crippen LogP contribution in [0, 0.1) is 5.82 Å². The highest BCUT2D eigenvalue weighted by Crippen LogP contribution is 2.24. The lowest BCUT2D eigenvalue weighted by Gasteiger charge is -2.12. The van der Waals surface area contributed by atoms with Crippen LogP contribution in [-0.4, -0.2) is 17.7 Å². The van der Waals surface area contributed by atoms with Gasteiger partial charge in [0.15, 0.2) is 0 Å². The van der Waals surface area contributed by atoms with Gasteiger partial charge in [0.2, 0.25) is 5.91 Å². The highest BCUT2D eigenvalue weighted by atomic mass is 35.5. The van der Waals surface area contributed by atoms with E-state index in [0.29, 0.717) is 22.1 Å². The number of fused-ring (bicyclic) bond motifs is 1. The van der Waals surface area contributed by atoms with Crippen LogP contribution in [0.3, 0.4) is 0 Å². The van der Waals surface area contributed by atoms with Gasteiger partial charge in [0, 0.05) is 22.4 Å². The van der Waals surface area contributed by atoms with Crippen molar-refractivity contribution in [3.63, 3.8) is 0 Å². The summed E-state index contributed by atoms with van der Waals surface area (Å²) in [6.07, 6.45) is 1.76. The summed E-state index contributed by atoms with van der Waals surface area (Å²) in [6.45, 7) is 0. The Morgan fingerprint density at radius 2 is 1.87 bits per heavy atom. The SMILES string of the molecule is O=C(CSCc1c(F)cccc1Cl)NC1Cc2ccccc2C1. The molecule has 1 amide bonds. The predicted molar refractivity (Wildman–Crippen MR) is 93.4 cm³/mol. The Morgan fingerprint density at radius 1 is 1.17 bits per heavy atom.